The standard InChI is InChI=1S/C13H23NO.C12H21N3O2S.C7H14.C7H8/c1-4-6-7-8-10-13(9-5-2)11-14-12(3)15;1-5-6-8-13-12(16)7-11-18(17)15(4)10-9-14(2)3;2*1-7-5-3-2-4-6-7/h1,13H,5-11H2,2-3H3,(H,14,15);1,6,8H,7,9-11H2,2-4H3,(H,13,16);7H,2-6H2,1H3;2-6H,1H3/b;8-6+;;. The van der Waals surface area contributed by atoms with Crippen LogP contribution in [-0.2, 0) is 20.6 Å². The van der Waals surface area contributed by atoms with Crippen LogP contribution in [0.3, 0.4) is 0 Å². The molecular formula is C39H66N4O3S. The molecule has 2 rings (SSSR count). The molecule has 2 amide bonds. The molecule has 1 aliphatic rings. The van der Waals surface area contributed by atoms with Crippen molar-refractivity contribution in [2.45, 2.75) is 105 Å². The highest BCUT2D eigenvalue weighted by molar-refractivity contribution is 7.82. The van der Waals surface area contributed by atoms with Crippen LogP contribution in [-0.4, -0.2) is 71.8 Å². The second-order valence-electron chi connectivity index (χ2n) is 12.4. The first kappa shape index (κ1) is 46.2. The van der Waals surface area contributed by atoms with Crippen LogP contribution in [0.1, 0.15) is 103 Å². The van der Waals surface area contributed by atoms with Gasteiger partial charge in [-0.25, -0.2) is 8.51 Å². The average Bonchev–Trinajstić information content (AvgIpc) is 3.05. The van der Waals surface area contributed by atoms with Gasteiger partial charge in [-0.15, -0.1) is 18.8 Å². The molecule has 47 heavy (non-hydrogen) atoms. The van der Waals surface area contributed by atoms with E-state index in [1.165, 1.54) is 75.6 Å². The first-order valence-corrected chi connectivity index (χ1v) is 18.6. The summed E-state index contributed by atoms with van der Waals surface area (Å²) in [6.07, 6.45) is 27.3. The highest BCUT2D eigenvalue weighted by atomic mass is 32.2. The minimum Gasteiger partial charge on any atom is -0.356 e. The largest absolute Gasteiger partial charge is 0.356 e. The number of rotatable bonds is 16. The van der Waals surface area contributed by atoms with Gasteiger partial charge in [0, 0.05) is 57.4 Å². The molecule has 0 aromatic heterocycles. The quantitative estimate of drug-likeness (QED) is 0.145. The Kier molecular flexibility index (Phi) is 32.5. The predicted molar refractivity (Wildman–Crippen MR) is 203 cm³/mol. The van der Waals surface area contributed by atoms with Crippen LogP contribution < -0.4 is 10.6 Å². The summed E-state index contributed by atoms with van der Waals surface area (Å²) < 4.78 is 13.5. The molecule has 266 valence electrons. The average molecular weight is 671 g/mol. The Balaban J connectivity index is 0. The van der Waals surface area contributed by atoms with Gasteiger partial charge in [0.25, 0.3) is 0 Å². The van der Waals surface area contributed by atoms with Crippen molar-refractivity contribution in [3.63, 3.8) is 0 Å². The van der Waals surface area contributed by atoms with Crippen molar-refractivity contribution in [2.75, 3.05) is 46.5 Å². The van der Waals surface area contributed by atoms with Crippen LogP contribution in [0.15, 0.2) is 42.6 Å². The number of carbonyl (C=O) groups is 2. The summed E-state index contributed by atoms with van der Waals surface area (Å²) in [5.41, 5.74) is 1.32. The van der Waals surface area contributed by atoms with E-state index in [2.05, 4.69) is 55.4 Å². The zero-order valence-electron chi connectivity index (χ0n) is 30.7. The first-order valence-electron chi connectivity index (χ1n) is 17.3. The van der Waals surface area contributed by atoms with Crippen molar-refractivity contribution < 1.29 is 13.8 Å². The van der Waals surface area contributed by atoms with Gasteiger partial charge in [-0.1, -0.05) is 101 Å². The van der Waals surface area contributed by atoms with Crippen LogP contribution >= 0.6 is 0 Å². The summed E-state index contributed by atoms with van der Waals surface area (Å²) in [5.74, 6) is 6.78. The maximum atomic E-state index is 11.8. The van der Waals surface area contributed by atoms with E-state index < -0.39 is 11.0 Å². The molecule has 7 nitrogen and oxygen atoms in total. The summed E-state index contributed by atoms with van der Waals surface area (Å²) >= 11 is 0. The number of nitrogens with zero attached hydrogens (tertiary/aromatic N) is 2. The van der Waals surface area contributed by atoms with Crippen LogP contribution in [0.5, 0.6) is 0 Å². The number of likely N-dealkylation sites (N-methyl/N-ethyl adjacent to an activating group) is 2. The van der Waals surface area contributed by atoms with Gasteiger partial charge in [-0.05, 0) is 59.2 Å². The Morgan fingerprint density at radius 2 is 1.70 bits per heavy atom. The van der Waals surface area contributed by atoms with E-state index in [0.29, 0.717) is 18.2 Å². The molecule has 2 N–H and O–H groups in total. The van der Waals surface area contributed by atoms with Gasteiger partial charge in [-0.3, -0.25) is 9.59 Å². The number of allylic oxidation sites excluding steroid dienone is 1. The predicted octanol–water partition coefficient (Wildman–Crippen LogP) is 7.11. The summed E-state index contributed by atoms with van der Waals surface area (Å²) in [5, 5.41) is 5.40. The smallest absolute Gasteiger partial charge is 0.224 e. The van der Waals surface area contributed by atoms with Crippen molar-refractivity contribution in [1.29, 1.82) is 0 Å². The number of aryl methyl sites for hydroxylation is 1. The number of nitrogens with one attached hydrogen (secondary N) is 2. The highest BCUT2D eigenvalue weighted by Gasteiger charge is 2.10. The van der Waals surface area contributed by atoms with Crippen LogP contribution in [0.2, 0.25) is 0 Å². The molecule has 0 bridgehead atoms. The third-order valence-electron chi connectivity index (χ3n) is 7.49. The molecule has 0 aliphatic heterocycles. The molecule has 2 atom stereocenters. The maximum Gasteiger partial charge on any atom is 0.224 e. The van der Waals surface area contributed by atoms with Crippen LogP contribution in [0.25, 0.3) is 0 Å². The van der Waals surface area contributed by atoms with Gasteiger partial charge in [0.15, 0.2) is 0 Å². The maximum absolute atomic E-state index is 11.8. The van der Waals surface area contributed by atoms with Crippen molar-refractivity contribution in [3.05, 3.63) is 48.2 Å². The van der Waals surface area contributed by atoms with Crippen molar-refractivity contribution in [1.82, 2.24) is 19.8 Å². The lowest BCUT2D eigenvalue weighted by atomic mass is 9.91. The molecule has 1 aromatic carbocycles. The Bertz CT molecular complexity index is 1040. The molecule has 0 radical (unpaired) electrons. The molecule has 2 unspecified atom stereocenters. The number of amides is 2. The normalized spacial score (nSPS) is 13.8. The van der Waals surface area contributed by atoms with E-state index in [0.717, 1.165) is 31.8 Å². The second kappa shape index (κ2) is 33.0. The number of terminal acetylenes is 2. The van der Waals surface area contributed by atoms with Crippen LogP contribution in [0.4, 0.5) is 0 Å². The Labute approximate surface area is 291 Å². The van der Waals surface area contributed by atoms with Crippen molar-refractivity contribution in [3.8, 4) is 24.7 Å². The zero-order valence-corrected chi connectivity index (χ0v) is 31.5. The lowest BCUT2D eigenvalue weighted by Gasteiger charge is -2.18. The fraction of sp³-hybridized carbons (Fsp3) is 0.641. The summed E-state index contributed by atoms with van der Waals surface area (Å²) in [6.45, 7) is 10.6. The van der Waals surface area contributed by atoms with E-state index in [4.69, 9.17) is 12.8 Å². The van der Waals surface area contributed by atoms with Gasteiger partial charge in [0.2, 0.25) is 11.8 Å². The fourth-order valence-electron chi connectivity index (χ4n) is 4.58. The SMILES string of the molecule is C#C/C=C/NC(=O)CCS(=O)N(C)CCN(C)C.C#CCCCCC(CCC)CNC(C)=O.CC1CCCCC1.Cc1ccccc1. The topological polar surface area (TPSA) is 81.8 Å². The molecule has 8 heteroatoms. The van der Waals surface area contributed by atoms with Gasteiger partial charge >= 0.3 is 0 Å². The molecule has 1 saturated carbocycles. The summed E-state index contributed by atoms with van der Waals surface area (Å²) in [7, 11) is 4.58. The molecule has 0 saturated heterocycles. The van der Waals surface area contributed by atoms with E-state index in [1.54, 1.807) is 18.3 Å². The monoisotopic (exact) mass is 670 g/mol. The number of unbranched alkanes of at least 4 members (excludes halogenated alkanes) is 2. The number of hydrogen-bond donors (Lipinski definition) is 2. The second-order valence-corrected chi connectivity index (χ2v) is 14.1. The number of benzene rings is 1. The molecule has 0 spiro atoms. The third-order valence-corrected chi connectivity index (χ3v) is 8.92. The van der Waals surface area contributed by atoms with E-state index in [1.807, 2.05) is 37.2 Å². The fourth-order valence-corrected chi connectivity index (χ4v) is 5.54. The van der Waals surface area contributed by atoms with Gasteiger partial charge in [0.1, 0.15) is 0 Å². The van der Waals surface area contributed by atoms with Gasteiger partial charge < -0.3 is 15.5 Å². The van der Waals surface area contributed by atoms with Gasteiger partial charge in [0.05, 0.1) is 11.0 Å². The van der Waals surface area contributed by atoms with Crippen LogP contribution in [0, 0.1) is 43.4 Å². The molecular weight excluding hydrogens is 605 g/mol. The highest BCUT2D eigenvalue weighted by Crippen LogP contribution is 2.22. The molecule has 0 heterocycles. The van der Waals surface area contributed by atoms with E-state index >= 15 is 0 Å². The Morgan fingerprint density at radius 1 is 1.04 bits per heavy atom. The number of carbonyl (C=O) groups excluding carboxylic acids is 2. The molecule has 1 fully saturated rings. The third kappa shape index (κ3) is 34.2. The lowest BCUT2D eigenvalue weighted by Crippen LogP contribution is -2.32. The first-order chi connectivity index (χ1) is 22.5. The lowest BCUT2D eigenvalue weighted by molar-refractivity contribution is -0.120. The zero-order chi connectivity index (χ0) is 35.7. The minimum atomic E-state index is -1.13. The van der Waals surface area contributed by atoms with E-state index in [-0.39, 0.29) is 18.2 Å². The Morgan fingerprint density at radius 3 is 2.17 bits per heavy atom. The Hall–Kier alpha value is -2.91. The summed E-state index contributed by atoms with van der Waals surface area (Å²) in [6, 6.07) is 10.3. The van der Waals surface area contributed by atoms with Crippen molar-refractivity contribution in [2.24, 2.45) is 11.8 Å². The molecule has 1 aliphatic carbocycles. The van der Waals surface area contributed by atoms with E-state index in [9.17, 15) is 13.8 Å². The van der Waals surface area contributed by atoms with Crippen molar-refractivity contribution >= 4 is 22.8 Å². The minimum absolute atomic E-state index is 0.0692. The number of hydrogen-bond acceptors (Lipinski definition) is 4. The molecule has 1 aromatic rings. The summed E-state index contributed by atoms with van der Waals surface area (Å²) in [4.78, 5) is 24.1. The van der Waals surface area contributed by atoms with Gasteiger partial charge in [-0.2, -0.15) is 0 Å².